The first-order valence-electron chi connectivity index (χ1n) is 7.27. The highest BCUT2D eigenvalue weighted by Crippen LogP contribution is 2.28. The molecule has 2 amide bonds. The third-order valence-corrected chi connectivity index (χ3v) is 3.31. The van der Waals surface area contributed by atoms with E-state index in [1.807, 2.05) is 0 Å². The molecule has 4 N–H and O–H groups in total. The van der Waals surface area contributed by atoms with Gasteiger partial charge in [-0.3, -0.25) is 9.59 Å². The highest BCUT2D eigenvalue weighted by Gasteiger charge is 2.28. The Morgan fingerprint density at radius 1 is 1.21 bits per heavy atom. The number of rotatable bonds is 9. The van der Waals surface area contributed by atoms with Gasteiger partial charge in [0.25, 0.3) is 0 Å². The van der Waals surface area contributed by atoms with E-state index >= 15 is 0 Å². The maximum absolute atomic E-state index is 11.7. The summed E-state index contributed by atoms with van der Waals surface area (Å²) in [6.07, 6.45) is 3.46. The third-order valence-electron chi connectivity index (χ3n) is 3.31. The number of amides is 2. The topological polar surface area (TPSA) is 84.2 Å². The van der Waals surface area contributed by atoms with Crippen LogP contribution >= 0.6 is 0 Å². The minimum absolute atomic E-state index is 0.0248. The Balaban J connectivity index is 2.07. The smallest absolute Gasteiger partial charge is 0.223 e. The molecule has 110 valence electrons. The number of hydrogen-bond acceptors (Lipinski definition) is 3. The molecule has 0 saturated heterocycles. The van der Waals surface area contributed by atoms with Crippen molar-refractivity contribution in [3.63, 3.8) is 0 Å². The van der Waals surface area contributed by atoms with Crippen molar-refractivity contribution in [1.29, 1.82) is 0 Å². The summed E-state index contributed by atoms with van der Waals surface area (Å²) in [5.41, 5.74) is 5.67. The zero-order valence-electron chi connectivity index (χ0n) is 12.1. The largest absolute Gasteiger partial charge is 0.354 e. The zero-order chi connectivity index (χ0) is 14.3. The Morgan fingerprint density at radius 2 is 1.84 bits per heavy atom. The van der Waals surface area contributed by atoms with E-state index in [9.17, 15) is 9.59 Å². The van der Waals surface area contributed by atoms with E-state index in [0.29, 0.717) is 32.0 Å². The molecule has 0 aliphatic heterocycles. The maximum Gasteiger partial charge on any atom is 0.223 e. The van der Waals surface area contributed by atoms with Gasteiger partial charge in [0.15, 0.2) is 0 Å². The van der Waals surface area contributed by atoms with Crippen LogP contribution in [0.5, 0.6) is 0 Å². The van der Waals surface area contributed by atoms with Gasteiger partial charge in [-0.2, -0.15) is 0 Å². The molecule has 1 aliphatic carbocycles. The van der Waals surface area contributed by atoms with Crippen molar-refractivity contribution in [2.75, 3.05) is 19.6 Å². The second kappa shape index (κ2) is 8.15. The molecule has 0 aromatic heterocycles. The van der Waals surface area contributed by atoms with E-state index in [2.05, 4.69) is 24.5 Å². The monoisotopic (exact) mass is 269 g/mol. The van der Waals surface area contributed by atoms with E-state index in [1.165, 1.54) is 0 Å². The fraction of sp³-hybridized carbons (Fsp3) is 0.857. The van der Waals surface area contributed by atoms with Crippen LogP contribution in [0, 0.1) is 17.8 Å². The average molecular weight is 269 g/mol. The standard InChI is InChI=1S/C14H27N3O2/c1-10(2)7-11(9-15)8-13(18)16-5-6-17-14(19)12-3-4-12/h10-12H,3-9,15H2,1-2H3,(H,16,18)(H,17,19)/t11-/m0/s1. The van der Waals surface area contributed by atoms with Crippen molar-refractivity contribution >= 4 is 11.8 Å². The Morgan fingerprint density at radius 3 is 2.37 bits per heavy atom. The SMILES string of the molecule is CC(C)C[C@H](CN)CC(=O)NCCNC(=O)C1CC1. The van der Waals surface area contributed by atoms with Crippen molar-refractivity contribution in [1.82, 2.24) is 10.6 Å². The summed E-state index contributed by atoms with van der Waals surface area (Å²) in [6.45, 7) is 5.82. The van der Waals surface area contributed by atoms with Gasteiger partial charge in [0.2, 0.25) is 11.8 Å². The summed E-state index contributed by atoms with van der Waals surface area (Å²) >= 11 is 0. The second-order valence-electron chi connectivity index (χ2n) is 5.85. The first-order valence-corrected chi connectivity index (χ1v) is 7.27. The van der Waals surface area contributed by atoms with E-state index in [-0.39, 0.29) is 23.7 Å². The Kier molecular flexibility index (Phi) is 6.84. The lowest BCUT2D eigenvalue weighted by Crippen LogP contribution is -2.36. The highest BCUT2D eigenvalue weighted by molar-refractivity contribution is 5.81. The van der Waals surface area contributed by atoms with Crippen molar-refractivity contribution in [3.8, 4) is 0 Å². The summed E-state index contributed by atoms with van der Waals surface area (Å²) in [7, 11) is 0. The zero-order valence-corrected chi connectivity index (χ0v) is 12.1. The van der Waals surface area contributed by atoms with Crippen LogP contribution in [0.3, 0.4) is 0 Å². The minimum atomic E-state index is 0.0248. The van der Waals surface area contributed by atoms with Gasteiger partial charge in [-0.15, -0.1) is 0 Å². The van der Waals surface area contributed by atoms with Crippen LogP contribution in [0.1, 0.15) is 39.5 Å². The second-order valence-corrected chi connectivity index (χ2v) is 5.85. The predicted molar refractivity (Wildman–Crippen MR) is 75.4 cm³/mol. The quantitative estimate of drug-likeness (QED) is 0.537. The highest BCUT2D eigenvalue weighted by atomic mass is 16.2. The number of hydrogen-bond donors (Lipinski definition) is 3. The molecule has 19 heavy (non-hydrogen) atoms. The summed E-state index contributed by atoms with van der Waals surface area (Å²) in [4.78, 5) is 23.1. The molecular formula is C14H27N3O2. The third kappa shape index (κ3) is 7.15. The normalized spacial score (nSPS) is 16.2. The van der Waals surface area contributed by atoms with Crippen LogP contribution in [0.2, 0.25) is 0 Å². The van der Waals surface area contributed by atoms with E-state index in [1.54, 1.807) is 0 Å². The molecule has 0 spiro atoms. The van der Waals surface area contributed by atoms with Crippen molar-refractivity contribution in [3.05, 3.63) is 0 Å². The number of carbonyl (C=O) groups is 2. The first-order chi connectivity index (χ1) is 9.02. The summed E-state index contributed by atoms with van der Waals surface area (Å²) in [6, 6.07) is 0. The lowest BCUT2D eigenvalue weighted by molar-refractivity contribution is -0.124. The molecule has 1 rings (SSSR count). The first kappa shape index (κ1) is 16.0. The Bertz CT molecular complexity index is 301. The molecular weight excluding hydrogens is 242 g/mol. The van der Waals surface area contributed by atoms with Crippen LogP contribution < -0.4 is 16.4 Å². The molecule has 1 saturated carbocycles. The number of nitrogens with two attached hydrogens (primary N) is 1. The molecule has 0 unspecified atom stereocenters. The van der Waals surface area contributed by atoms with Crippen LogP contribution in [-0.4, -0.2) is 31.4 Å². The van der Waals surface area contributed by atoms with Gasteiger partial charge in [0, 0.05) is 25.4 Å². The molecule has 0 bridgehead atoms. The summed E-state index contributed by atoms with van der Waals surface area (Å²) in [5, 5.41) is 5.65. The van der Waals surface area contributed by atoms with Gasteiger partial charge < -0.3 is 16.4 Å². The van der Waals surface area contributed by atoms with Gasteiger partial charge in [0.05, 0.1) is 0 Å². The molecule has 1 atom stereocenters. The van der Waals surface area contributed by atoms with Gasteiger partial charge in [0.1, 0.15) is 0 Å². The molecule has 1 fully saturated rings. The van der Waals surface area contributed by atoms with Crippen LogP contribution in [-0.2, 0) is 9.59 Å². The minimum Gasteiger partial charge on any atom is -0.354 e. The molecule has 0 heterocycles. The van der Waals surface area contributed by atoms with Crippen LogP contribution in [0.25, 0.3) is 0 Å². The van der Waals surface area contributed by atoms with Gasteiger partial charge in [-0.05, 0) is 37.6 Å². The molecule has 5 nitrogen and oxygen atoms in total. The fourth-order valence-electron chi connectivity index (χ4n) is 2.14. The van der Waals surface area contributed by atoms with E-state index in [4.69, 9.17) is 5.73 Å². The van der Waals surface area contributed by atoms with Crippen LogP contribution in [0.4, 0.5) is 0 Å². The lowest BCUT2D eigenvalue weighted by Gasteiger charge is -2.16. The van der Waals surface area contributed by atoms with Gasteiger partial charge in [-0.1, -0.05) is 13.8 Å². The van der Waals surface area contributed by atoms with Crippen molar-refractivity contribution in [2.45, 2.75) is 39.5 Å². The Labute approximate surface area is 115 Å². The summed E-state index contributed by atoms with van der Waals surface area (Å²) < 4.78 is 0. The van der Waals surface area contributed by atoms with Gasteiger partial charge in [-0.25, -0.2) is 0 Å². The average Bonchev–Trinajstić information content (AvgIpc) is 3.17. The molecule has 1 aliphatic rings. The molecule has 0 aromatic carbocycles. The Hall–Kier alpha value is -1.10. The predicted octanol–water partition coefficient (Wildman–Crippen LogP) is 0.640. The number of carbonyl (C=O) groups excluding carboxylic acids is 2. The lowest BCUT2D eigenvalue weighted by atomic mass is 9.94. The maximum atomic E-state index is 11.7. The molecule has 5 heteroatoms. The van der Waals surface area contributed by atoms with Crippen molar-refractivity contribution in [2.24, 2.45) is 23.5 Å². The van der Waals surface area contributed by atoms with Crippen molar-refractivity contribution < 1.29 is 9.59 Å². The fourth-order valence-corrected chi connectivity index (χ4v) is 2.14. The molecule has 0 radical (unpaired) electrons. The van der Waals surface area contributed by atoms with E-state index < -0.39 is 0 Å². The van der Waals surface area contributed by atoms with E-state index in [0.717, 1.165) is 19.3 Å². The number of nitrogens with one attached hydrogen (secondary N) is 2. The van der Waals surface area contributed by atoms with Gasteiger partial charge >= 0.3 is 0 Å². The van der Waals surface area contributed by atoms with Crippen LogP contribution in [0.15, 0.2) is 0 Å². The summed E-state index contributed by atoms with van der Waals surface area (Å²) in [5.74, 6) is 1.18. The molecule has 0 aromatic rings.